The summed E-state index contributed by atoms with van der Waals surface area (Å²) in [4.78, 5) is 35.3. The number of esters is 1. The maximum Gasteiger partial charge on any atom is 1.00 e. The number of halogens is 1. The van der Waals surface area contributed by atoms with Crippen LogP contribution in [0.1, 0.15) is 36.6 Å². The minimum Gasteiger partial charge on any atom is -1.00 e. The molecule has 1 fully saturated rings. The molecule has 12 nitrogen and oxygen atoms in total. The van der Waals surface area contributed by atoms with Gasteiger partial charge in [0.15, 0.2) is 5.82 Å². The molecule has 1 heterocycles. The van der Waals surface area contributed by atoms with E-state index in [1.807, 2.05) is 0 Å². The molecule has 1 saturated heterocycles. The number of aryl methyl sites for hydroxylation is 1. The van der Waals surface area contributed by atoms with E-state index in [1.165, 1.54) is 25.3 Å². The van der Waals surface area contributed by atoms with E-state index in [1.54, 1.807) is 4.72 Å². The quantitative estimate of drug-likeness (QED) is 0.137. The first-order valence-corrected chi connectivity index (χ1v) is 12.6. The summed E-state index contributed by atoms with van der Waals surface area (Å²) in [6, 6.07) is 6.55. The normalized spacial score (nSPS) is 13.8. The Balaban J connectivity index is 0.00000380. The van der Waals surface area contributed by atoms with E-state index in [2.05, 4.69) is 10.1 Å². The van der Waals surface area contributed by atoms with Crippen molar-refractivity contribution in [3.8, 4) is 17.2 Å². The van der Waals surface area contributed by atoms with Gasteiger partial charge in [-0.25, -0.2) is 18.2 Å². The first-order valence-electron chi connectivity index (χ1n) is 11.2. The summed E-state index contributed by atoms with van der Waals surface area (Å²) >= 11 is 0. The van der Waals surface area contributed by atoms with Crippen LogP contribution in [-0.2, 0) is 31.0 Å². The molecule has 2 amide bonds. The predicted octanol–water partition coefficient (Wildman–Crippen LogP) is -1.77. The molecule has 1 aliphatic heterocycles. The smallest absolute Gasteiger partial charge is 1.00 e. The zero-order valence-electron chi connectivity index (χ0n) is 21.8. The Morgan fingerprint density at radius 1 is 1.21 bits per heavy atom. The van der Waals surface area contributed by atoms with Crippen molar-refractivity contribution >= 4 is 33.7 Å². The van der Waals surface area contributed by atoms with Crippen LogP contribution in [0.5, 0.6) is 17.2 Å². The Bertz CT molecular complexity index is 1290. The second-order valence-electron chi connectivity index (χ2n) is 8.03. The van der Waals surface area contributed by atoms with Gasteiger partial charge in [0.05, 0.1) is 13.7 Å². The Hall–Kier alpha value is -2.43. The summed E-state index contributed by atoms with van der Waals surface area (Å²) in [6.07, 6.45) is 1.16. The van der Waals surface area contributed by atoms with Gasteiger partial charge in [-0.05, 0) is 49.1 Å². The largest absolute Gasteiger partial charge is 1.00 e. The van der Waals surface area contributed by atoms with Crippen molar-refractivity contribution in [2.24, 2.45) is 0 Å². The average Bonchev–Trinajstić information content (AvgIpc) is 3.10. The second-order valence-corrected chi connectivity index (χ2v) is 9.62. The fourth-order valence-electron chi connectivity index (χ4n) is 3.61. The molecule has 1 aliphatic rings. The third-order valence-corrected chi connectivity index (χ3v) is 6.74. The number of methoxy groups -OCH3 is 1. The molecule has 38 heavy (non-hydrogen) atoms. The van der Waals surface area contributed by atoms with Gasteiger partial charge < -0.3 is 26.4 Å². The van der Waals surface area contributed by atoms with Crippen molar-refractivity contribution in [1.82, 2.24) is 10.0 Å². The van der Waals surface area contributed by atoms with Gasteiger partial charge in [-0.15, -0.1) is 0 Å². The van der Waals surface area contributed by atoms with Crippen molar-refractivity contribution in [3.05, 3.63) is 47.3 Å². The number of anilines is 1. The van der Waals surface area contributed by atoms with Crippen LogP contribution in [0.3, 0.4) is 0 Å². The van der Waals surface area contributed by atoms with Gasteiger partial charge in [-0.3, -0.25) is 9.59 Å². The molecule has 4 N–H and O–H groups in total. The second kappa shape index (κ2) is 14.1. The van der Waals surface area contributed by atoms with E-state index >= 15 is 0 Å². The van der Waals surface area contributed by atoms with E-state index in [0.29, 0.717) is 23.7 Å². The summed E-state index contributed by atoms with van der Waals surface area (Å²) in [5, 5.41) is 22.7. The summed E-state index contributed by atoms with van der Waals surface area (Å²) in [5.41, 5.74) is -0.440. The van der Waals surface area contributed by atoms with Crippen LogP contribution in [0.15, 0.2) is 30.3 Å². The zero-order chi connectivity index (χ0) is 27.2. The monoisotopic (exact) mass is 579 g/mol. The van der Waals surface area contributed by atoms with Gasteiger partial charge in [0, 0.05) is 13.0 Å². The molecule has 0 aromatic heterocycles. The Kier molecular flexibility index (Phi) is 11.8. The molecule has 202 valence electrons. The standard InChI is InChI=1S/C23H26FN3O9S.K.H/c1-35-23(32)21-16(28)5-4-6-18(21)36-10-3-2-9-25-19(30)8-7-14-11-15(24)22(17(29)12-14)27-13-20(31)26-37(27,33)34;;/h4-6,11-12,28-29H,2-3,7-10,13H2,1H3,(H,25,30)(H,26,31);;/q;+1;-1. The third-order valence-electron chi connectivity index (χ3n) is 5.36. The maximum absolute atomic E-state index is 14.6. The van der Waals surface area contributed by atoms with E-state index in [-0.39, 0.29) is 101 Å². The third kappa shape index (κ3) is 8.03. The molecule has 2 aromatic carbocycles. The molecule has 0 saturated carbocycles. The molecule has 3 rings (SSSR count). The molecule has 2 aromatic rings. The van der Waals surface area contributed by atoms with E-state index in [0.717, 1.165) is 12.1 Å². The van der Waals surface area contributed by atoms with Gasteiger partial charge in [0.2, 0.25) is 5.91 Å². The number of benzene rings is 2. The Labute approximate surface area is 262 Å². The van der Waals surface area contributed by atoms with Gasteiger partial charge in [0.1, 0.15) is 35.0 Å². The van der Waals surface area contributed by atoms with Crippen LogP contribution in [0.2, 0.25) is 0 Å². The number of hydrogen-bond acceptors (Lipinski definition) is 9. The van der Waals surface area contributed by atoms with Gasteiger partial charge in [0.25, 0.3) is 5.91 Å². The summed E-state index contributed by atoms with van der Waals surface area (Å²) < 4.78 is 50.7. The number of amides is 2. The number of nitrogens with one attached hydrogen (secondary N) is 2. The summed E-state index contributed by atoms with van der Waals surface area (Å²) in [7, 11) is -3.09. The number of carbonyl (C=O) groups is 3. The molecule has 15 heteroatoms. The van der Waals surface area contributed by atoms with E-state index < -0.39 is 45.9 Å². The van der Waals surface area contributed by atoms with Crippen LogP contribution >= 0.6 is 0 Å². The number of rotatable bonds is 11. The summed E-state index contributed by atoms with van der Waals surface area (Å²) in [6.45, 7) is -0.0968. The first kappa shape index (κ1) is 31.8. The van der Waals surface area contributed by atoms with Gasteiger partial charge in [-0.2, -0.15) is 8.42 Å². The van der Waals surface area contributed by atoms with Gasteiger partial charge >= 0.3 is 67.6 Å². The molecule has 0 atom stereocenters. The Morgan fingerprint density at radius 2 is 1.95 bits per heavy atom. The molecule has 0 aliphatic carbocycles. The molecule has 0 spiro atoms. The molecular formula is C23H27FKN3O9S. The number of carbonyl (C=O) groups excluding carboxylic acids is 3. The van der Waals surface area contributed by atoms with Crippen molar-refractivity contribution in [3.63, 3.8) is 0 Å². The minimum atomic E-state index is -4.29. The van der Waals surface area contributed by atoms with E-state index in [9.17, 15) is 37.4 Å². The fourth-order valence-corrected chi connectivity index (χ4v) is 4.78. The van der Waals surface area contributed by atoms with Crippen molar-refractivity contribution in [2.75, 3.05) is 31.1 Å². The van der Waals surface area contributed by atoms with E-state index in [4.69, 9.17) is 4.74 Å². The van der Waals surface area contributed by atoms with Crippen LogP contribution in [0.25, 0.3) is 0 Å². The van der Waals surface area contributed by atoms with Gasteiger partial charge in [-0.1, -0.05) is 6.07 Å². The average molecular weight is 580 g/mol. The first-order chi connectivity index (χ1) is 17.5. The number of aromatic hydroxyl groups is 2. The SMILES string of the molecule is COC(=O)c1c(O)cccc1OCCCCNC(=O)CCc1cc(O)c(N2CC(=O)NS2(=O)=O)c(F)c1.[H-].[K+]. The number of nitrogens with zero attached hydrogens (tertiary/aromatic N) is 1. The maximum atomic E-state index is 14.6. The topological polar surface area (TPSA) is 172 Å². The molecule has 0 unspecified atom stereocenters. The molecule has 0 radical (unpaired) electrons. The van der Waals surface area contributed by atoms with Crippen molar-refractivity contribution in [1.29, 1.82) is 0 Å². The number of hydrogen-bond donors (Lipinski definition) is 4. The van der Waals surface area contributed by atoms with Crippen molar-refractivity contribution < 1.29 is 99.7 Å². The zero-order valence-corrected chi connectivity index (χ0v) is 24.8. The molecule has 0 bridgehead atoms. The van der Waals surface area contributed by atoms with Crippen LogP contribution < -0.4 is 70.5 Å². The number of phenols is 2. The molecular weight excluding hydrogens is 552 g/mol. The van der Waals surface area contributed by atoms with Crippen LogP contribution in [-0.4, -0.2) is 63.2 Å². The van der Waals surface area contributed by atoms with Crippen LogP contribution in [0.4, 0.5) is 10.1 Å². The number of phenolic OH excluding ortho intramolecular Hbond substituents is 2. The summed E-state index contributed by atoms with van der Waals surface area (Å²) in [5.74, 6) is -3.68. The van der Waals surface area contributed by atoms with Crippen LogP contribution in [0, 0.1) is 5.82 Å². The fraction of sp³-hybridized carbons (Fsp3) is 0.348. The number of unbranched alkanes of at least 4 members (excludes halogenated alkanes) is 1. The minimum absolute atomic E-state index is 0. The van der Waals surface area contributed by atoms with Crippen molar-refractivity contribution in [2.45, 2.75) is 25.7 Å². The number of ether oxygens (including phenoxy) is 2. The Morgan fingerprint density at radius 3 is 2.58 bits per heavy atom. The predicted molar refractivity (Wildman–Crippen MR) is 129 cm³/mol.